The van der Waals surface area contributed by atoms with Crippen molar-refractivity contribution in [2.75, 3.05) is 26.0 Å². The fourth-order valence-electron chi connectivity index (χ4n) is 3.54. The van der Waals surface area contributed by atoms with Crippen LogP contribution in [0.3, 0.4) is 0 Å². The van der Waals surface area contributed by atoms with Crippen LogP contribution in [0.1, 0.15) is 124 Å². The highest BCUT2D eigenvalue weighted by molar-refractivity contribution is 7.54. The highest BCUT2D eigenvalue weighted by atomic mass is 31.2. The van der Waals surface area contributed by atoms with Crippen LogP contribution in [-0.2, 0) is 23.1 Å². The molecule has 0 aromatic heterocycles. The molecule has 0 aromatic rings. The lowest BCUT2D eigenvalue weighted by atomic mass is 10.0. The summed E-state index contributed by atoms with van der Waals surface area (Å²) in [4.78, 5) is 11.6. The summed E-state index contributed by atoms with van der Waals surface area (Å²) in [7, 11) is -3.37. The van der Waals surface area contributed by atoms with Gasteiger partial charge in [-0.2, -0.15) is 0 Å². The van der Waals surface area contributed by atoms with E-state index in [1.165, 1.54) is 89.9 Å². The van der Waals surface area contributed by atoms with Gasteiger partial charge in [-0.05, 0) is 20.3 Å². The largest absolute Gasteiger partial charge is 0.466 e. The molecule has 1 unspecified atom stereocenters. The molecule has 180 valence electrons. The molecule has 0 heterocycles. The maximum Gasteiger partial charge on any atom is 0.341 e. The van der Waals surface area contributed by atoms with Crippen LogP contribution in [0.25, 0.3) is 0 Å². The molecular formula is C24H49O5P. The van der Waals surface area contributed by atoms with Crippen molar-refractivity contribution < 1.29 is 23.1 Å². The van der Waals surface area contributed by atoms with Crippen LogP contribution in [0.5, 0.6) is 0 Å². The van der Waals surface area contributed by atoms with E-state index in [-0.39, 0.29) is 19.4 Å². The van der Waals surface area contributed by atoms with E-state index in [0.717, 1.165) is 12.8 Å². The van der Waals surface area contributed by atoms with Crippen LogP contribution in [0.4, 0.5) is 0 Å². The van der Waals surface area contributed by atoms with Crippen molar-refractivity contribution in [3.05, 3.63) is 0 Å². The average molecular weight is 449 g/mol. The van der Waals surface area contributed by atoms with Gasteiger partial charge in [0, 0.05) is 0 Å². The fraction of sp³-hybridized carbons (Fsp3) is 0.958. The Labute approximate surface area is 186 Å². The normalized spacial score (nSPS) is 13.3. The van der Waals surface area contributed by atoms with Gasteiger partial charge in [0.2, 0.25) is 0 Å². The van der Waals surface area contributed by atoms with Gasteiger partial charge in [-0.1, -0.05) is 103 Å². The zero-order valence-electron chi connectivity index (χ0n) is 20.1. The highest BCUT2D eigenvalue weighted by Gasteiger charge is 2.28. The summed E-state index contributed by atoms with van der Waals surface area (Å²) in [6, 6.07) is 0. The molecular weight excluding hydrogens is 399 g/mol. The summed E-state index contributed by atoms with van der Waals surface area (Å²) in [5, 5.41) is 0. The maximum atomic E-state index is 12.5. The number of carbonyl (C=O) groups excluding carboxylic acids is 1. The van der Waals surface area contributed by atoms with E-state index < -0.39 is 13.6 Å². The third-order valence-electron chi connectivity index (χ3n) is 5.24. The predicted molar refractivity (Wildman–Crippen MR) is 126 cm³/mol. The van der Waals surface area contributed by atoms with Gasteiger partial charge in [0.05, 0.1) is 19.8 Å². The Balaban J connectivity index is 3.47. The number of hydrogen-bond acceptors (Lipinski definition) is 5. The number of esters is 1. The molecule has 0 radical (unpaired) electrons. The monoisotopic (exact) mass is 448 g/mol. The van der Waals surface area contributed by atoms with E-state index in [4.69, 9.17) is 13.8 Å². The van der Waals surface area contributed by atoms with Gasteiger partial charge in [-0.3, -0.25) is 9.36 Å². The predicted octanol–water partition coefficient (Wildman–Crippen LogP) is 8.06. The smallest absolute Gasteiger partial charge is 0.341 e. The molecule has 0 rings (SSSR count). The molecule has 0 saturated carbocycles. The third kappa shape index (κ3) is 19.6. The van der Waals surface area contributed by atoms with E-state index in [2.05, 4.69) is 6.92 Å². The quantitative estimate of drug-likeness (QED) is 0.0898. The van der Waals surface area contributed by atoms with Crippen molar-refractivity contribution in [1.82, 2.24) is 0 Å². The van der Waals surface area contributed by atoms with Crippen molar-refractivity contribution in [2.24, 2.45) is 0 Å². The van der Waals surface area contributed by atoms with Gasteiger partial charge in [-0.15, -0.1) is 0 Å². The second-order valence-electron chi connectivity index (χ2n) is 8.13. The molecule has 6 heteroatoms. The second-order valence-corrected chi connectivity index (χ2v) is 10.2. The van der Waals surface area contributed by atoms with E-state index in [9.17, 15) is 9.36 Å². The third-order valence-corrected chi connectivity index (χ3v) is 7.11. The molecule has 0 N–H and O–H groups in total. The van der Waals surface area contributed by atoms with Gasteiger partial charge in [0.1, 0.15) is 6.16 Å². The average Bonchev–Trinajstić information content (AvgIpc) is 2.70. The molecule has 0 spiro atoms. The number of ether oxygens (including phenoxy) is 1. The molecule has 30 heavy (non-hydrogen) atoms. The van der Waals surface area contributed by atoms with Gasteiger partial charge >= 0.3 is 13.6 Å². The molecule has 0 bridgehead atoms. The van der Waals surface area contributed by atoms with Crippen LogP contribution in [0.15, 0.2) is 0 Å². The summed E-state index contributed by atoms with van der Waals surface area (Å²) in [5.74, 6) is -0.527. The van der Waals surface area contributed by atoms with Crippen molar-refractivity contribution in [1.29, 1.82) is 0 Å². The Morgan fingerprint density at radius 1 is 0.600 bits per heavy atom. The molecule has 0 fully saturated rings. The summed E-state index contributed by atoms with van der Waals surface area (Å²) >= 11 is 0. The molecule has 0 aliphatic heterocycles. The lowest BCUT2D eigenvalue weighted by Gasteiger charge is -2.17. The first-order chi connectivity index (χ1) is 14.6. The number of carbonyl (C=O) groups is 1. The topological polar surface area (TPSA) is 61.8 Å². The Morgan fingerprint density at radius 2 is 1.03 bits per heavy atom. The first kappa shape index (κ1) is 29.6. The van der Waals surface area contributed by atoms with Gasteiger partial charge in [-0.25, -0.2) is 0 Å². The molecule has 5 nitrogen and oxygen atoms in total. The molecule has 1 atom stereocenters. The van der Waals surface area contributed by atoms with Crippen molar-refractivity contribution >= 4 is 13.6 Å². The van der Waals surface area contributed by atoms with Crippen LogP contribution >= 0.6 is 7.60 Å². The summed E-state index contributed by atoms with van der Waals surface area (Å²) < 4.78 is 28.0. The van der Waals surface area contributed by atoms with Crippen molar-refractivity contribution in [3.63, 3.8) is 0 Å². The maximum absolute atomic E-state index is 12.5. The van der Waals surface area contributed by atoms with Crippen LogP contribution in [-0.4, -0.2) is 32.0 Å². The van der Waals surface area contributed by atoms with Gasteiger partial charge in [0.25, 0.3) is 0 Å². The van der Waals surface area contributed by atoms with Crippen LogP contribution in [0, 0.1) is 0 Å². The number of rotatable bonds is 23. The minimum atomic E-state index is -3.37. The Morgan fingerprint density at radius 3 is 1.43 bits per heavy atom. The molecule has 0 aliphatic carbocycles. The van der Waals surface area contributed by atoms with Crippen LogP contribution in [0.2, 0.25) is 0 Å². The van der Waals surface area contributed by atoms with Crippen molar-refractivity contribution in [3.8, 4) is 0 Å². The zero-order chi connectivity index (χ0) is 22.3. The van der Waals surface area contributed by atoms with E-state index in [1.807, 2.05) is 0 Å². The van der Waals surface area contributed by atoms with Gasteiger partial charge < -0.3 is 13.8 Å². The second kappa shape index (κ2) is 21.8. The number of hydrogen-bond donors (Lipinski definition) is 0. The summed E-state index contributed by atoms with van der Waals surface area (Å²) in [6.07, 6.45) is 20.7. The summed E-state index contributed by atoms with van der Waals surface area (Å²) in [6.45, 7) is 6.64. The molecule has 0 aromatic carbocycles. The first-order valence-electron chi connectivity index (χ1n) is 12.6. The Bertz CT molecular complexity index is 428. The molecule has 0 amide bonds. The molecule has 0 saturated heterocycles. The van der Waals surface area contributed by atoms with E-state index in [0.29, 0.717) is 6.61 Å². The standard InChI is InChI=1S/C24H49O5P/c1-4-7-8-9-10-11-12-13-14-15-16-17-18-19-20-21-22-29-30(26,28-6-3)23-24(25)27-5-2/h4-23H2,1-3H3. The zero-order valence-corrected chi connectivity index (χ0v) is 21.0. The van der Waals surface area contributed by atoms with Crippen molar-refractivity contribution in [2.45, 2.75) is 124 Å². The SMILES string of the molecule is CCCCCCCCCCCCCCCCCCOP(=O)(CC(=O)OCC)OCC. The number of unbranched alkanes of at least 4 members (excludes halogenated alkanes) is 15. The van der Waals surface area contributed by atoms with E-state index >= 15 is 0 Å². The van der Waals surface area contributed by atoms with Crippen LogP contribution < -0.4 is 0 Å². The fourth-order valence-corrected chi connectivity index (χ4v) is 5.01. The Kier molecular flexibility index (Phi) is 21.6. The first-order valence-corrected chi connectivity index (χ1v) is 14.3. The highest BCUT2D eigenvalue weighted by Crippen LogP contribution is 2.48. The Hall–Kier alpha value is -0.380. The van der Waals surface area contributed by atoms with Gasteiger partial charge in [0.15, 0.2) is 0 Å². The van der Waals surface area contributed by atoms with E-state index in [1.54, 1.807) is 13.8 Å². The lowest BCUT2D eigenvalue weighted by Crippen LogP contribution is -2.13. The minimum Gasteiger partial charge on any atom is -0.466 e. The molecule has 0 aliphatic rings. The lowest BCUT2D eigenvalue weighted by molar-refractivity contribution is -0.140. The minimum absolute atomic E-state index is 0.260. The summed E-state index contributed by atoms with van der Waals surface area (Å²) in [5.41, 5.74) is 0.